The normalized spacial score (nSPS) is 20.6. The topological polar surface area (TPSA) is 74.8 Å². The number of aromatic nitrogens is 1. The molecule has 6 nitrogen and oxygen atoms in total. The van der Waals surface area contributed by atoms with E-state index in [0.29, 0.717) is 11.5 Å². The Morgan fingerprint density at radius 2 is 1.94 bits per heavy atom. The van der Waals surface area contributed by atoms with Gasteiger partial charge in [0.25, 0.3) is 0 Å². The molecule has 3 heterocycles. The smallest absolute Gasteiger partial charge is 0.335 e. The first-order valence-corrected chi connectivity index (χ1v) is 13.9. The number of nitrogens with zero attached hydrogens (tertiary/aromatic N) is 1. The summed E-state index contributed by atoms with van der Waals surface area (Å²) in [6, 6.07) is 13.1. The summed E-state index contributed by atoms with van der Waals surface area (Å²) in [5, 5.41) is 11.9. The number of carbonyl (C=O) groups is 1. The molecule has 2 saturated heterocycles. The van der Waals surface area contributed by atoms with Crippen LogP contribution in [0.2, 0.25) is 6.04 Å². The van der Waals surface area contributed by atoms with Crippen LogP contribution >= 0.6 is 0 Å². The number of carboxylic acids is 1. The first-order chi connectivity index (χ1) is 16.5. The van der Waals surface area contributed by atoms with Gasteiger partial charge in [0.05, 0.1) is 12.7 Å². The molecule has 2 aromatic carbocycles. The Bertz CT molecular complexity index is 1150. The monoisotopic (exact) mass is 477 g/mol. The minimum absolute atomic E-state index is 0.351. The zero-order chi connectivity index (χ0) is 23.7. The maximum Gasteiger partial charge on any atom is 0.335 e. The summed E-state index contributed by atoms with van der Waals surface area (Å²) in [5.41, 5.74) is 3.95. The van der Waals surface area contributed by atoms with Gasteiger partial charge in [0.1, 0.15) is 5.75 Å². The molecule has 0 amide bonds. The zero-order valence-electron chi connectivity index (χ0n) is 20.0. The highest BCUT2D eigenvalue weighted by atomic mass is 28.3. The number of carboxylic acid groups (broad SMARTS) is 1. The third-order valence-corrected chi connectivity index (χ3v) is 10.7. The number of ether oxygens (including phenoxy) is 2. The van der Waals surface area contributed by atoms with Crippen LogP contribution in [0.4, 0.5) is 0 Å². The van der Waals surface area contributed by atoms with Crippen molar-refractivity contribution < 1.29 is 19.4 Å². The van der Waals surface area contributed by atoms with Gasteiger partial charge in [-0.25, -0.2) is 4.79 Å². The number of H-pyrrole nitrogens is 1. The number of aromatic carboxylic acids is 1. The van der Waals surface area contributed by atoms with Gasteiger partial charge in [-0.2, -0.15) is 0 Å². The lowest BCUT2D eigenvalue weighted by molar-refractivity contribution is 0.0450. The number of fused-ring (bicyclic) bond motifs is 1. The van der Waals surface area contributed by atoms with E-state index in [4.69, 9.17) is 9.47 Å². The lowest BCUT2D eigenvalue weighted by Gasteiger charge is -2.42. The van der Waals surface area contributed by atoms with E-state index in [1.165, 1.54) is 39.7 Å². The summed E-state index contributed by atoms with van der Waals surface area (Å²) >= 11 is 0. The molecular formula is C27H33N2O4Si. The fourth-order valence-electron chi connectivity index (χ4n) is 5.78. The number of nitrogens with one attached hydrogen (secondary N) is 1. The van der Waals surface area contributed by atoms with Crippen molar-refractivity contribution in [3.8, 4) is 5.75 Å². The highest BCUT2D eigenvalue weighted by Crippen LogP contribution is 2.37. The van der Waals surface area contributed by atoms with Gasteiger partial charge in [-0.15, -0.1) is 0 Å². The molecule has 7 heteroatoms. The molecule has 0 unspecified atom stereocenters. The Morgan fingerprint density at radius 3 is 2.65 bits per heavy atom. The van der Waals surface area contributed by atoms with Crippen LogP contribution in [0.3, 0.4) is 0 Å². The first-order valence-electron chi connectivity index (χ1n) is 12.2. The molecule has 1 aromatic heterocycles. The molecule has 0 saturated carbocycles. The average Bonchev–Trinajstić information content (AvgIpc) is 3.37. The fourth-order valence-corrected chi connectivity index (χ4v) is 8.97. The molecule has 0 aliphatic carbocycles. The molecule has 5 rings (SSSR count). The van der Waals surface area contributed by atoms with Crippen molar-refractivity contribution >= 4 is 31.0 Å². The summed E-state index contributed by atoms with van der Waals surface area (Å²) in [4.78, 5) is 14.8. The molecule has 2 aliphatic heterocycles. The van der Waals surface area contributed by atoms with Crippen LogP contribution in [0, 0.1) is 18.8 Å². The maximum atomic E-state index is 11.4. The summed E-state index contributed by atoms with van der Waals surface area (Å²) in [5.74, 6) is 1.52. The number of benzene rings is 2. The van der Waals surface area contributed by atoms with Gasteiger partial charge in [-0.3, -0.25) is 0 Å². The second-order valence-corrected chi connectivity index (χ2v) is 12.1. The summed E-state index contributed by atoms with van der Waals surface area (Å²) in [6.07, 6.45) is 5.53. The Kier molecular flexibility index (Phi) is 6.76. The van der Waals surface area contributed by atoms with E-state index in [2.05, 4.69) is 40.7 Å². The summed E-state index contributed by atoms with van der Waals surface area (Å²) < 4.78 is 14.1. The second-order valence-electron chi connectivity index (χ2n) is 9.59. The Morgan fingerprint density at radius 1 is 1.18 bits per heavy atom. The van der Waals surface area contributed by atoms with E-state index in [0.717, 1.165) is 50.8 Å². The van der Waals surface area contributed by atoms with Gasteiger partial charge in [-0.1, -0.05) is 12.1 Å². The Labute approximate surface area is 202 Å². The third kappa shape index (κ3) is 4.52. The predicted octanol–water partition coefficient (Wildman–Crippen LogP) is 4.33. The average molecular weight is 478 g/mol. The van der Waals surface area contributed by atoms with Gasteiger partial charge < -0.3 is 24.1 Å². The number of hydrogen-bond acceptors (Lipinski definition) is 4. The largest absolute Gasteiger partial charge is 0.496 e. The fraction of sp³-hybridized carbons (Fsp3) is 0.444. The Hall–Kier alpha value is -2.61. The van der Waals surface area contributed by atoms with Crippen molar-refractivity contribution in [1.82, 2.24) is 9.55 Å². The molecule has 179 valence electrons. The lowest BCUT2D eigenvalue weighted by Crippen LogP contribution is -2.53. The van der Waals surface area contributed by atoms with Gasteiger partial charge in [0.15, 0.2) is 8.96 Å². The minimum Gasteiger partial charge on any atom is -0.496 e. The van der Waals surface area contributed by atoms with Crippen molar-refractivity contribution in [3.63, 3.8) is 0 Å². The van der Waals surface area contributed by atoms with E-state index >= 15 is 0 Å². The highest BCUT2D eigenvalue weighted by molar-refractivity contribution is 6.70. The first kappa shape index (κ1) is 23.1. The molecule has 1 atom stereocenters. The zero-order valence-corrected chi connectivity index (χ0v) is 21.0. The van der Waals surface area contributed by atoms with Gasteiger partial charge in [0, 0.05) is 42.4 Å². The molecule has 34 heavy (non-hydrogen) atoms. The maximum absolute atomic E-state index is 11.4. The van der Waals surface area contributed by atoms with Crippen LogP contribution in [-0.2, 0) is 11.3 Å². The number of aromatic amines is 1. The SMILES string of the molecule is COc1cc(C)c2[nH]ccc2c1CN1CC[C@H](C2CCOCC2)C[Si]1c1ccc(C(=O)O)cc1. The van der Waals surface area contributed by atoms with Gasteiger partial charge >= 0.3 is 5.97 Å². The minimum atomic E-state index is -1.05. The molecule has 1 radical (unpaired) electrons. The molecule has 0 bridgehead atoms. The Balaban J connectivity index is 1.47. The standard InChI is InChI=1S/C27H33N2O4Si/c1-18-15-25(32-2)24(23-7-11-28-26(18)23)16-29-12-8-21(19-9-13-33-14-10-19)17-34(29)22-5-3-20(4-6-22)27(30)31/h3-7,11,15,19,21,28H,8-10,12-14,16-17H2,1-2H3,(H,30,31)/t21-/m0/s1. The van der Waals surface area contributed by atoms with E-state index in [9.17, 15) is 9.90 Å². The van der Waals surface area contributed by atoms with Crippen LogP contribution in [0.15, 0.2) is 42.6 Å². The van der Waals surface area contributed by atoms with Crippen LogP contribution in [0.5, 0.6) is 5.75 Å². The van der Waals surface area contributed by atoms with E-state index in [-0.39, 0.29) is 0 Å². The van der Waals surface area contributed by atoms with Gasteiger partial charge in [-0.05, 0) is 85.6 Å². The van der Waals surface area contributed by atoms with E-state index in [1.807, 2.05) is 6.20 Å². The quantitative estimate of drug-likeness (QED) is 0.517. The molecule has 2 fully saturated rings. The van der Waals surface area contributed by atoms with E-state index < -0.39 is 14.9 Å². The van der Waals surface area contributed by atoms with Crippen LogP contribution < -0.4 is 9.92 Å². The molecule has 0 spiro atoms. The summed E-state index contributed by atoms with van der Waals surface area (Å²) in [6.45, 7) is 5.77. The van der Waals surface area contributed by atoms with Crippen molar-refractivity contribution in [3.05, 3.63) is 59.3 Å². The number of rotatable bonds is 6. The van der Waals surface area contributed by atoms with E-state index in [1.54, 1.807) is 19.2 Å². The molecule has 2 aliphatic rings. The number of methoxy groups -OCH3 is 1. The molecular weight excluding hydrogens is 444 g/mol. The van der Waals surface area contributed by atoms with Gasteiger partial charge in [0.2, 0.25) is 0 Å². The van der Waals surface area contributed by atoms with Crippen molar-refractivity contribution in [2.45, 2.75) is 38.8 Å². The third-order valence-electron chi connectivity index (χ3n) is 7.69. The summed E-state index contributed by atoms with van der Waals surface area (Å²) in [7, 11) is 0.703. The highest BCUT2D eigenvalue weighted by Gasteiger charge is 2.36. The van der Waals surface area contributed by atoms with Crippen LogP contribution in [0.25, 0.3) is 10.9 Å². The molecule has 2 N–H and O–H groups in total. The number of hydrogen-bond donors (Lipinski definition) is 2. The molecule has 3 aromatic rings. The predicted molar refractivity (Wildman–Crippen MR) is 135 cm³/mol. The van der Waals surface area contributed by atoms with Crippen LogP contribution in [-0.4, -0.2) is 56.5 Å². The number of aryl methyl sites for hydroxylation is 1. The lowest BCUT2D eigenvalue weighted by atomic mass is 9.85. The second kappa shape index (κ2) is 9.94. The van der Waals surface area contributed by atoms with Crippen molar-refractivity contribution in [1.29, 1.82) is 0 Å². The van der Waals surface area contributed by atoms with Crippen molar-refractivity contribution in [2.75, 3.05) is 26.9 Å². The van der Waals surface area contributed by atoms with Crippen LogP contribution in [0.1, 0.15) is 40.7 Å². The van der Waals surface area contributed by atoms with Crippen molar-refractivity contribution in [2.24, 2.45) is 11.8 Å².